The second kappa shape index (κ2) is 9.82. The van der Waals surface area contributed by atoms with Gasteiger partial charge in [0.1, 0.15) is 9.88 Å². The van der Waals surface area contributed by atoms with Crippen LogP contribution in [0.1, 0.15) is 31.3 Å². The second-order valence-corrected chi connectivity index (χ2v) is 7.79. The number of aromatic nitrogens is 1. The van der Waals surface area contributed by atoms with E-state index in [1.54, 1.807) is 25.1 Å². The van der Waals surface area contributed by atoms with Gasteiger partial charge < -0.3 is 15.4 Å². The van der Waals surface area contributed by atoms with Crippen molar-refractivity contribution in [1.82, 2.24) is 10.3 Å². The van der Waals surface area contributed by atoms with Crippen molar-refractivity contribution >= 4 is 34.8 Å². The number of hydrogen-bond donors (Lipinski definition) is 2. The molecule has 0 bridgehead atoms. The molecule has 0 unspecified atom stereocenters. The molecule has 0 saturated heterocycles. The second-order valence-electron chi connectivity index (χ2n) is 6.79. The van der Waals surface area contributed by atoms with Crippen LogP contribution in [0.15, 0.2) is 48.5 Å². The zero-order chi connectivity index (χ0) is 24.2. The number of carbonyl (C=O) groups excluding carboxylic acids is 3. The lowest BCUT2D eigenvalue weighted by Gasteiger charge is -2.07. The van der Waals surface area contributed by atoms with Crippen molar-refractivity contribution in [3.05, 3.63) is 70.2 Å². The summed E-state index contributed by atoms with van der Waals surface area (Å²) in [6, 6.07) is 10.7. The topological polar surface area (TPSA) is 97.4 Å². The molecule has 0 saturated carbocycles. The molecular weight excluding hydrogens is 459 g/mol. The molecule has 2 amide bonds. The van der Waals surface area contributed by atoms with E-state index in [1.165, 1.54) is 25.2 Å². The van der Waals surface area contributed by atoms with Crippen molar-refractivity contribution in [3.63, 3.8) is 0 Å². The van der Waals surface area contributed by atoms with Crippen molar-refractivity contribution in [2.45, 2.75) is 13.1 Å². The van der Waals surface area contributed by atoms with E-state index in [1.807, 2.05) is 0 Å². The van der Waals surface area contributed by atoms with Gasteiger partial charge in [-0.1, -0.05) is 18.2 Å². The smallest absolute Gasteiger partial charge is 0.416 e. The maximum absolute atomic E-state index is 12.7. The Balaban J connectivity index is 1.62. The minimum atomic E-state index is -4.45. The van der Waals surface area contributed by atoms with Gasteiger partial charge in [-0.25, -0.2) is 9.78 Å². The number of alkyl halides is 3. The van der Waals surface area contributed by atoms with Crippen LogP contribution in [0.4, 0.5) is 18.9 Å². The number of rotatable bonds is 6. The quantitative estimate of drug-likeness (QED) is 0.516. The lowest BCUT2D eigenvalue weighted by molar-refractivity contribution is -0.137. The maximum Gasteiger partial charge on any atom is 0.416 e. The molecule has 0 spiro atoms. The highest BCUT2D eigenvalue weighted by Gasteiger charge is 2.30. The molecule has 0 fully saturated rings. The van der Waals surface area contributed by atoms with Gasteiger partial charge in [0.05, 0.1) is 11.3 Å². The molecule has 33 heavy (non-hydrogen) atoms. The number of ether oxygens (including phenoxy) is 1. The first-order chi connectivity index (χ1) is 15.6. The summed E-state index contributed by atoms with van der Waals surface area (Å²) in [5.41, 5.74) is 0.674. The number of esters is 1. The summed E-state index contributed by atoms with van der Waals surface area (Å²) in [5.74, 6) is -1.71. The molecule has 0 aliphatic carbocycles. The van der Waals surface area contributed by atoms with Crippen LogP contribution in [0.2, 0.25) is 0 Å². The molecule has 0 aliphatic rings. The summed E-state index contributed by atoms with van der Waals surface area (Å²) < 4.78 is 43.2. The Kier molecular flexibility index (Phi) is 7.12. The van der Waals surface area contributed by atoms with Gasteiger partial charge in [0.2, 0.25) is 0 Å². The van der Waals surface area contributed by atoms with Crippen molar-refractivity contribution < 1.29 is 32.3 Å². The van der Waals surface area contributed by atoms with E-state index in [0.29, 0.717) is 27.5 Å². The molecule has 0 radical (unpaired) electrons. The third-order valence-corrected chi connectivity index (χ3v) is 5.60. The highest BCUT2D eigenvalue weighted by atomic mass is 32.1. The number of thiazole rings is 1. The molecule has 3 aromatic rings. The van der Waals surface area contributed by atoms with Crippen molar-refractivity contribution in [2.75, 3.05) is 19.0 Å². The van der Waals surface area contributed by atoms with E-state index in [4.69, 9.17) is 4.74 Å². The average Bonchev–Trinajstić information content (AvgIpc) is 3.18. The van der Waals surface area contributed by atoms with E-state index < -0.39 is 30.2 Å². The van der Waals surface area contributed by atoms with Crippen LogP contribution in [-0.4, -0.2) is 36.4 Å². The van der Waals surface area contributed by atoms with Gasteiger partial charge in [-0.05, 0) is 37.3 Å². The summed E-state index contributed by atoms with van der Waals surface area (Å²) >= 11 is 0.954. The monoisotopic (exact) mass is 477 g/mol. The molecule has 0 aliphatic heterocycles. The Morgan fingerprint density at radius 2 is 1.79 bits per heavy atom. The molecular formula is C22H18F3N3O4S. The molecule has 3 rings (SSSR count). The van der Waals surface area contributed by atoms with Crippen LogP contribution >= 0.6 is 11.3 Å². The fourth-order valence-electron chi connectivity index (χ4n) is 2.79. The third kappa shape index (κ3) is 5.95. The molecule has 2 N–H and O–H groups in total. The van der Waals surface area contributed by atoms with Gasteiger partial charge in [0.15, 0.2) is 6.61 Å². The zero-order valence-electron chi connectivity index (χ0n) is 17.4. The Morgan fingerprint density at radius 1 is 1.09 bits per heavy atom. The lowest BCUT2D eigenvalue weighted by Crippen LogP contribution is -2.21. The maximum atomic E-state index is 12.7. The number of halogens is 3. The predicted octanol–water partition coefficient (Wildman–Crippen LogP) is 4.29. The molecule has 1 heterocycles. The Morgan fingerprint density at radius 3 is 2.42 bits per heavy atom. The van der Waals surface area contributed by atoms with Crippen molar-refractivity contribution in [1.29, 1.82) is 0 Å². The van der Waals surface area contributed by atoms with Gasteiger partial charge >= 0.3 is 12.1 Å². The first-order valence-electron chi connectivity index (χ1n) is 9.52. The Labute approximate surface area is 190 Å². The number of nitrogens with one attached hydrogen (secondary N) is 2. The predicted molar refractivity (Wildman–Crippen MR) is 116 cm³/mol. The molecule has 0 atom stereocenters. The van der Waals surface area contributed by atoms with Gasteiger partial charge in [-0.3, -0.25) is 9.59 Å². The summed E-state index contributed by atoms with van der Waals surface area (Å²) in [6.45, 7) is 0.987. The number of nitrogens with zero attached hydrogens (tertiary/aromatic N) is 1. The average molecular weight is 477 g/mol. The minimum Gasteiger partial charge on any atom is -0.451 e. The van der Waals surface area contributed by atoms with Gasteiger partial charge in [0.25, 0.3) is 11.8 Å². The van der Waals surface area contributed by atoms with Gasteiger partial charge in [-0.15, -0.1) is 11.3 Å². The normalized spacial score (nSPS) is 11.1. The molecule has 172 valence electrons. The lowest BCUT2D eigenvalue weighted by atomic mass is 10.1. The van der Waals surface area contributed by atoms with Crippen LogP contribution in [-0.2, 0) is 15.7 Å². The van der Waals surface area contributed by atoms with Crippen LogP contribution in [0.25, 0.3) is 10.6 Å². The number of hydrogen-bond acceptors (Lipinski definition) is 6. The first-order valence-corrected chi connectivity index (χ1v) is 10.3. The number of benzene rings is 2. The largest absolute Gasteiger partial charge is 0.451 e. The van der Waals surface area contributed by atoms with E-state index >= 15 is 0 Å². The van der Waals surface area contributed by atoms with E-state index in [-0.39, 0.29) is 10.8 Å². The fourth-order valence-corrected chi connectivity index (χ4v) is 3.75. The summed E-state index contributed by atoms with van der Waals surface area (Å²) in [4.78, 5) is 40.6. The summed E-state index contributed by atoms with van der Waals surface area (Å²) in [7, 11) is 1.48. The number of aryl methyl sites for hydroxylation is 1. The minimum absolute atomic E-state index is 0.138. The fraction of sp³-hybridized carbons (Fsp3) is 0.182. The van der Waals surface area contributed by atoms with Crippen molar-refractivity contribution in [2.24, 2.45) is 0 Å². The van der Waals surface area contributed by atoms with Crippen molar-refractivity contribution in [3.8, 4) is 10.6 Å². The van der Waals surface area contributed by atoms with E-state index in [9.17, 15) is 27.6 Å². The Bertz CT molecular complexity index is 1190. The number of carbonyl (C=O) groups is 3. The first kappa shape index (κ1) is 23.9. The molecule has 11 heteroatoms. The highest BCUT2D eigenvalue weighted by Crippen LogP contribution is 2.33. The molecule has 1 aromatic heterocycles. The standard InChI is InChI=1S/C22H18F3N3O4S/c1-12-18(33-20(27-12)13-6-8-15(9-7-13)22(23,24)25)21(31)32-11-17(29)28-16-5-3-4-14(10-16)19(30)26-2/h3-10H,11H2,1-2H3,(H,26,30)(H,28,29). The molecule has 7 nitrogen and oxygen atoms in total. The summed E-state index contributed by atoms with van der Waals surface area (Å²) in [5, 5.41) is 5.35. The van der Waals surface area contributed by atoms with Crippen LogP contribution < -0.4 is 10.6 Å². The van der Waals surface area contributed by atoms with Crippen LogP contribution in [0.5, 0.6) is 0 Å². The van der Waals surface area contributed by atoms with E-state index in [2.05, 4.69) is 15.6 Å². The number of amides is 2. The van der Waals surface area contributed by atoms with Gasteiger partial charge in [-0.2, -0.15) is 13.2 Å². The van der Waals surface area contributed by atoms with Crippen LogP contribution in [0, 0.1) is 6.92 Å². The SMILES string of the molecule is CNC(=O)c1cccc(NC(=O)COC(=O)c2sc(-c3ccc(C(F)(F)F)cc3)nc2C)c1. The van der Waals surface area contributed by atoms with E-state index in [0.717, 1.165) is 23.5 Å². The third-order valence-electron chi connectivity index (χ3n) is 4.41. The number of anilines is 1. The summed E-state index contributed by atoms with van der Waals surface area (Å²) in [6.07, 6.45) is -4.45. The van der Waals surface area contributed by atoms with Gasteiger partial charge in [0, 0.05) is 23.9 Å². The zero-order valence-corrected chi connectivity index (χ0v) is 18.3. The highest BCUT2D eigenvalue weighted by molar-refractivity contribution is 7.17. The molecule has 2 aromatic carbocycles. The van der Waals surface area contributed by atoms with Crippen LogP contribution in [0.3, 0.4) is 0 Å². The Hall–Kier alpha value is -3.73.